The zero-order valence-corrected chi connectivity index (χ0v) is 17.9. The van der Waals surface area contributed by atoms with Gasteiger partial charge in [0, 0.05) is 22.8 Å². The van der Waals surface area contributed by atoms with Gasteiger partial charge in [0.25, 0.3) is 0 Å². The van der Waals surface area contributed by atoms with Crippen molar-refractivity contribution in [3.8, 4) is 17.3 Å². The second-order valence-corrected chi connectivity index (χ2v) is 7.36. The molecule has 0 spiro atoms. The van der Waals surface area contributed by atoms with E-state index in [1.165, 1.54) is 50.0 Å². The van der Waals surface area contributed by atoms with E-state index in [0.29, 0.717) is 16.3 Å². The first-order valence-electron chi connectivity index (χ1n) is 9.16. The number of ether oxygens (including phenoxy) is 2. The highest BCUT2D eigenvalue weighted by atomic mass is 32.1. The predicted molar refractivity (Wildman–Crippen MR) is 119 cm³/mol. The van der Waals surface area contributed by atoms with Crippen LogP contribution in [0.1, 0.15) is 31.3 Å². The topological polar surface area (TPSA) is 101 Å². The first-order valence-corrected chi connectivity index (χ1v) is 10.0. The molecule has 8 heteroatoms. The van der Waals surface area contributed by atoms with E-state index < -0.39 is 11.9 Å². The molecule has 3 rings (SSSR count). The molecule has 0 aliphatic rings. The Kier molecular flexibility index (Phi) is 6.80. The molecule has 0 unspecified atom stereocenters. The molecule has 1 N–H and O–H groups in total. The van der Waals surface area contributed by atoms with Gasteiger partial charge in [-0.15, -0.1) is 11.3 Å². The van der Waals surface area contributed by atoms with E-state index in [1.807, 2.05) is 36.6 Å². The van der Waals surface area contributed by atoms with Crippen LogP contribution in [0.25, 0.3) is 16.8 Å². The van der Waals surface area contributed by atoms with Crippen molar-refractivity contribution in [3.63, 3.8) is 0 Å². The molecule has 2 aromatic carbocycles. The van der Waals surface area contributed by atoms with Crippen LogP contribution in [0.2, 0.25) is 0 Å². The largest absolute Gasteiger partial charge is 0.465 e. The summed E-state index contributed by atoms with van der Waals surface area (Å²) in [4.78, 5) is 28.4. The predicted octanol–water partition coefficient (Wildman–Crippen LogP) is 4.67. The Morgan fingerprint density at radius 2 is 1.68 bits per heavy atom. The molecule has 1 aromatic heterocycles. The van der Waals surface area contributed by atoms with Gasteiger partial charge in [-0.1, -0.05) is 29.8 Å². The molecule has 0 radical (unpaired) electrons. The van der Waals surface area contributed by atoms with Gasteiger partial charge in [-0.05, 0) is 25.1 Å². The van der Waals surface area contributed by atoms with E-state index in [2.05, 4.69) is 16.4 Å². The number of thiazole rings is 1. The van der Waals surface area contributed by atoms with Gasteiger partial charge in [-0.3, -0.25) is 0 Å². The molecule has 0 aliphatic carbocycles. The number of hydrogen-bond donors (Lipinski definition) is 1. The van der Waals surface area contributed by atoms with Crippen molar-refractivity contribution in [2.24, 2.45) is 0 Å². The number of rotatable bonds is 6. The Labute approximate surface area is 183 Å². The third-order valence-electron chi connectivity index (χ3n) is 4.36. The second kappa shape index (κ2) is 9.69. The molecule has 0 saturated heterocycles. The van der Waals surface area contributed by atoms with E-state index in [0.717, 1.165) is 16.8 Å². The standard InChI is InChI=1S/C23H19N3O4S/c1-14-4-6-15(7-5-14)20-13-31-21(26-20)18(11-24)12-25-19-9-16(22(27)29-2)8-17(10-19)23(28)30-3/h4-10,12-13,25H,1-3H3. The van der Waals surface area contributed by atoms with Crippen LogP contribution in [-0.2, 0) is 9.47 Å². The maximum absolute atomic E-state index is 11.9. The van der Waals surface area contributed by atoms with Crippen LogP contribution in [0.3, 0.4) is 0 Å². The highest BCUT2D eigenvalue weighted by molar-refractivity contribution is 7.11. The molecule has 0 fully saturated rings. The van der Waals surface area contributed by atoms with Gasteiger partial charge in [0.2, 0.25) is 0 Å². The number of benzene rings is 2. The fourth-order valence-electron chi connectivity index (χ4n) is 2.73. The Morgan fingerprint density at radius 3 is 2.23 bits per heavy atom. The quantitative estimate of drug-likeness (QED) is 0.445. The Hall–Kier alpha value is -3.96. The lowest BCUT2D eigenvalue weighted by atomic mass is 10.1. The summed E-state index contributed by atoms with van der Waals surface area (Å²) < 4.78 is 9.47. The normalized spacial score (nSPS) is 10.8. The minimum absolute atomic E-state index is 0.177. The van der Waals surface area contributed by atoms with E-state index in [9.17, 15) is 14.9 Å². The highest BCUT2D eigenvalue weighted by Crippen LogP contribution is 2.26. The summed E-state index contributed by atoms with van der Waals surface area (Å²) in [7, 11) is 2.50. The molecule has 0 amide bonds. The van der Waals surface area contributed by atoms with Gasteiger partial charge in [0.15, 0.2) is 0 Å². The zero-order chi connectivity index (χ0) is 22.4. The van der Waals surface area contributed by atoms with Crippen molar-refractivity contribution in [1.82, 2.24) is 4.98 Å². The summed E-state index contributed by atoms with van der Waals surface area (Å²) in [5.41, 5.74) is 3.99. The van der Waals surface area contributed by atoms with Gasteiger partial charge in [0.05, 0.1) is 31.0 Å². The number of nitriles is 1. The number of carbonyl (C=O) groups excluding carboxylic acids is 2. The fourth-order valence-corrected chi connectivity index (χ4v) is 3.53. The molecule has 3 aromatic rings. The first kappa shape index (κ1) is 21.7. The van der Waals surface area contributed by atoms with Gasteiger partial charge in [0.1, 0.15) is 16.6 Å². The average molecular weight is 433 g/mol. The minimum atomic E-state index is -0.596. The van der Waals surface area contributed by atoms with Gasteiger partial charge < -0.3 is 14.8 Å². The highest BCUT2D eigenvalue weighted by Gasteiger charge is 2.14. The average Bonchev–Trinajstić information content (AvgIpc) is 3.28. The molecule has 7 nitrogen and oxygen atoms in total. The third-order valence-corrected chi connectivity index (χ3v) is 5.24. The summed E-state index contributed by atoms with van der Waals surface area (Å²) in [6.45, 7) is 2.01. The minimum Gasteiger partial charge on any atom is -0.465 e. The molecule has 0 atom stereocenters. The maximum Gasteiger partial charge on any atom is 0.337 e. The summed E-state index contributed by atoms with van der Waals surface area (Å²) in [5.74, 6) is -1.19. The van der Waals surface area contributed by atoms with E-state index in [4.69, 9.17) is 9.47 Å². The number of nitrogens with one attached hydrogen (secondary N) is 1. The number of anilines is 1. The van der Waals surface area contributed by atoms with Crippen molar-refractivity contribution >= 4 is 34.5 Å². The van der Waals surface area contributed by atoms with Crippen LogP contribution in [0.4, 0.5) is 5.69 Å². The van der Waals surface area contributed by atoms with Crippen LogP contribution >= 0.6 is 11.3 Å². The van der Waals surface area contributed by atoms with Crippen LogP contribution in [0.5, 0.6) is 0 Å². The van der Waals surface area contributed by atoms with Crippen molar-refractivity contribution in [3.05, 3.63) is 75.7 Å². The summed E-state index contributed by atoms with van der Waals surface area (Å²) >= 11 is 1.35. The molecule has 0 bridgehead atoms. The molecule has 0 aliphatic heterocycles. The summed E-state index contributed by atoms with van der Waals surface area (Å²) in [6, 6.07) is 14.5. The summed E-state index contributed by atoms with van der Waals surface area (Å²) in [5, 5.41) is 15.0. The first-order chi connectivity index (χ1) is 14.9. The van der Waals surface area contributed by atoms with Crippen molar-refractivity contribution < 1.29 is 19.1 Å². The molecule has 156 valence electrons. The van der Waals surface area contributed by atoms with Crippen molar-refractivity contribution in [1.29, 1.82) is 5.26 Å². The van der Waals surface area contributed by atoms with E-state index >= 15 is 0 Å². The van der Waals surface area contributed by atoms with E-state index in [1.54, 1.807) is 0 Å². The van der Waals surface area contributed by atoms with E-state index in [-0.39, 0.29) is 11.1 Å². The number of aromatic nitrogens is 1. The maximum atomic E-state index is 11.9. The molecule has 0 saturated carbocycles. The Morgan fingerprint density at radius 1 is 1.06 bits per heavy atom. The number of carbonyl (C=O) groups is 2. The van der Waals surface area contributed by atoms with Gasteiger partial charge in [-0.2, -0.15) is 5.26 Å². The Balaban J connectivity index is 1.89. The monoisotopic (exact) mass is 433 g/mol. The lowest BCUT2D eigenvalue weighted by molar-refractivity contribution is 0.0599. The zero-order valence-electron chi connectivity index (χ0n) is 17.1. The van der Waals surface area contributed by atoms with Gasteiger partial charge in [-0.25, -0.2) is 14.6 Å². The number of nitrogens with zero attached hydrogens (tertiary/aromatic N) is 2. The lowest BCUT2D eigenvalue weighted by Crippen LogP contribution is -2.07. The van der Waals surface area contributed by atoms with Crippen LogP contribution in [0.15, 0.2) is 54.0 Å². The number of methoxy groups -OCH3 is 2. The number of aryl methyl sites for hydroxylation is 1. The van der Waals surface area contributed by atoms with Crippen LogP contribution in [-0.4, -0.2) is 31.1 Å². The lowest BCUT2D eigenvalue weighted by Gasteiger charge is -2.08. The molecular formula is C23H19N3O4S. The number of allylic oxidation sites excluding steroid dienone is 1. The fraction of sp³-hybridized carbons (Fsp3) is 0.130. The second-order valence-electron chi connectivity index (χ2n) is 6.50. The number of hydrogen-bond acceptors (Lipinski definition) is 8. The molecular weight excluding hydrogens is 414 g/mol. The molecule has 1 heterocycles. The van der Waals surface area contributed by atoms with Crippen molar-refractivity contribution in [2.75, 3.05) is 19.5 Å². The van der Waals surface area contributed by atoms with Gasteiger partial charge >= 0.3 is 11.9 Å². The Bertz CT molecular complexity index is 1160. The van der Waals surface area contributed by atoms with Crippen LogP contribution in [0, 0.1) is 18.3 Å². The third kappa shape index (κ3) is 5.15. The summed E-state index contributed by atoms with van der Waals surface area (Å²) in [6.07, 6.45) is 1.48. The smallest absolute Gasteiger partial charge is 0.337 e. The van der Waals surface area contributed by atoms with Crippen LogP contribution < -0.4 is 5.32 Å². The molecule has 31 heavy (non-hydrogen) atoms. The SMILES string of the molecule is COC(=O)c1cc(NC=C(C#N)c2nc(-c3ccc(C)cc3)cs2)cc(C(=O)OC)c1. The number of esters is 2. The van der Waals surface area contributed by atoms with Crippen molar-refractivity contribution in [2.45, 2.75) is 6.92 Å².